The molecule has 0 bridgehead atoms. The fourth-order valence-electron chi connectivity index (χ4n) is 0.566. The number of hydrogen-bond acceptors (Lipinski definition) is 1. The first-order chi connectivity index (χ1) is 3.13. The zero-order chi connectivity index (χ0) is 5.86. The first-order valence-corrected chi connectivity index (χ1v) is 4.84. The van der Waals surface area contributed by atoms with E-state index in [0.29, 0.717) is 0 Å². The molecule has 0 rings (SSSR count). The van der Waals surface area contributed by atoms with Gasteiger partial charge in [-0.1, -0.05) is 7.92 Å². The van der Waals surface area contributed by atoms with Gasteiger partial charge in [-0.3, -0.25) is 0 Å². The second kappa shape index (κ2) is 3.40. The lowest BCUT2D eigenvalue weighted by molar-refractivity contribution is 0.482. The molecule has 0 spiro atoms. The highest BCUT2D eigenvalue weighted by molar-refractivity contribution is 7.55. The molecule has 0 aromatic heterocycles. The van der Waals surface area contributed by atoms with Gasteiger partial charge in [0.15, 0.2) is 0 Å². The summed E-state index contributed by atoms with van der Waals surface area (Å²) < 4.78 is 0. The van der Waals surface area contributed by atoms with Crippen molar-refractivity contribution in [2.24, 2.45) is 0 Å². The average molecular weight is 119 g/mol. The van der Waals surface area contributed by atoms with E-state index >= 15 is 0 Å². The molecule has 0 saturated carbocycles. The lowest BCUT2D eigenvalue weighted by Gasteiger charge is -2.11. The van der Waals surface area contributed by atoms with Crippen molar-refractivity contribution in [3.8, 4) is 0 Å². The Kier molecular flexibility index (Phi) is 3.59. The van der Waals surface area contributed by atoms with Gasteiger partial charge in [0.1, 0.15) is 0 Å². The van der Waals surface area contributed by atoms with E-state index in [4.69, 9.17) is 0 Å². The summed E-state index contributed by atoms with van der Waals surface area (Å²) >= 11 is 0. The van der Waals surface area contributed by atoms with Gasteiger partial charge in [0.25, 0.3) is 0 Å². The van der Waals surface area contributed by atoms with Crippen LogP contribution in [0.25, 0.3) is 0 Å². The molecule has 0 aliphatic carbocycles. The zero-order valence-electron chi connectivity index (χ0n) is 5.60. The number of hydrogen-bond donors (Lipinski definition) is 0. The normalized spacial score (nSPS) is 11.1. The van der Waals surface area contributed by atoms with E-state index < -0.39 is 0 Å². The van der Waals surface area contributed by atoms with Crippen LogP contribution in [0.15, 0.2) is 0 Å². The van der Waals surface area contributed by atoms with Gasteiger partial charge in [-0.25, -0.2) is 0 Å². The summed E-state index contributed by atoms with van der Waals surface area (Å²) in [5, 5.41) is 0. The molecule has 0 unspecified atom stereocenters. The third kappa shape index (κ3) is 6.39. The van der Waals surface area contributed by atoms with Gasteiger partial charge < -0.3 is 4.90 Å². The summed E-state index contributed by atoms with van der Waals surface area (Å²) in [5.74, 6) is 0. The fraction of sp³-hybridized carbons (Fsp3) is 1.00. The van der Waals surface area contributed by atoms with Crippen molar-refractivity contribution in [3.63, 3.8) is 0 Å². The molecular weight excluding hydrogens is 105 g/mol. The molecule has 44 valence electrons. The Balaban J connectivity index is 2.95. The third-order valence-corrected chi connectivity index (χ3v) is 1.70. The van der Waals surface area contributed by atoms with E-state index in [1.54, 1.807) is 0 Å². The molecule has 1 nitrogen and oxygen atoms in total. The molecule has 0 aromatic carbocycles. The highest BCUT2D eigenvalue weighted by Crippen LogP contribution is 2.23. The summed E-state index contributed by atoms with van der Waals surface area (Å²) in [6, 6.07) is 0. The van der Waals surface area contributed by atoms with Crippen LogP contribution in [-0.2, 0) is 0 Å². The van der Waals surface area contributed by atoms with E-state index in [0.717, 1.165) is 0 Å². The molecule has 2 heteroatoms. The monoisotopic (exact) mass is 119 g/mol. The highest BCUT2D eigenvalue weighted by atomic mass is 31.1. The molecule has 0 aromatic rings. The van der Waals surface area contributed by atoms with Crippen molar-refractivity contribution in [2.45, 2.75) is 0 Å². The average Bonchev–Trinajstić information content (AvgIpc) is 1.27. The summed E-state index contributed by atoms with van der Waals surface area (Å²) in [6.45, 7) is 4.57. The Labute approximate surface area is 47.5 Å². The van der Waals surface area contributed by atoms with Gasteiger partial charge in [-0.2, -0.15) is 0 Å². The minimum Gasteiger partial charge on any atom is -0.305 e. The van der Waals surface area contributed by atoms with E-state index in [2.05, 4.69) is 32.3 Å². The van der Waals surface area contributed by atoms with Gasteiger partial charge in [0.2, 0.25) is 0 Å². The fourth-order valence-corrected chi connectivity index (χ4v) is 1.70. The van der Waals surface area contributed by atoms with E-state index in [1.807, 2.05) is 0 Å². The van der Waals surface area contributed by atoms with E-state index in [9.17, 15) is 0 Å². The predicted octanol–water partition coefficient (Wildman–Crippen LogP) is 1.25. The predicted molar refractivity (Wildman–Crippen MR) is 37.3 cm³/mol. The van der Waals surface area contributed by atoms with Gasteiger partial charge in [0.05, 0.1) is 0 Å². The quantitative estimate of drug-likeness (QED) is 0.494. The molecular formula is C5H14NP. The van der Waals surface area contributed by atoms with Crippen LogP contribution in [0.2, 0.25) is 0 Å². The van der Waals surface area contributed by atoms with E-state index in [1.165, 1.54) is 6.29 Å². The molecule has 0 atom stereocenters. The molecule has 0 N–H and O–H groups in total. The number of nitrogens with zero attached hydrogens (tertiary/aromatic N) is 1. The Morgan fingerprint density at radius 1 is 1.29 bits per heavy atom. The Hall–Kier alpha value is 0.390. The maximum Gasteiger partial charge on any atom is 0.0172 e. The van der Waals surface area contributed by atoms with Crippen LogP contribution in [-0.4, -0.2) is 38.6 Å². The highest BCUT2D eigenvalue weighted by Gasteiger charge is 1.91. The lowest BCUT2D eigenvalue weighted by atomic mass is 11.0. The van der Waals surface area contributed by atoms with Gasteiger partial charge in [-0.05, 0) is 27.4 Å². The molecule has 0 saturated heterocycles. The molecule has 0 heterocycles. The summed E-state index contributed by atoms with van der Waals surface area (Å²) in [4.78, 5) is 2.23. The maximum atomic E-state index is 2.29. The van der Waals surface area contributed by atoms with Crippen LogP contribution in [0.4, 0.5) is 0 Å². The first-order valence-electron chi connectivity index (χ1n) is 2.42. The first kappa shape index (κ1) is 7.39. The SMILES string of the molecule is CN(C)CP(C)C. The summed E-state index contributed by atoms with van der Waals surface area (Å²) in [5.41, 5.74) is 0. The largest absolute Gasteiger partial charge is 0.305 e. The minimum absolute atomic E-state index is 0.286. The minimum atomic E-state index is 0.286. The van der Waals surface area contributed by atoms with Crippen molar-refractivity contribution in [2.75, 3.05) is 33.7 Å². The number of rotatable bonds is 2. The molecule has 0 aliphatic heterocycles. The van der Waals surface area contributed by atoms with Crippen molar-refractivity contribution < 1.29 is 0 Å². The van der Waals surface area contributed by atoms with Crippen molar-refractivity contribution in [1.82, 2.24) is 4.90 Å². The van der Waals surface area contributed by atoms with Crippen LogP contribution < -0.4 is 0 Å². The van der Waals surface area contributed by atoms with Crippen LogP contribution in [0.5, 0.6) is 0 Å². The Morgan fingerprint density at radius 3 is 1.71 bits per heavy atom. The zero-order valence-corrected chi connectivity index (χ0v) is 6.50. The van der Waals surface area contributed by atoms with Crippen molar-refractivity contribution in [1.29, 1.82) is 0 Å². The smallest absolute Gasteiger partial charge is 0.0172 e. The standard InChI is InChI=1S/C5H14NP/c1-6(2)5-7(3)4/h5H2,1-4H3. The third-order valence-electron chi connectivity index (χ3n) is 0.566. The second-order valence-electron chi connectivity index (χ2n) is 2.30. The molecule has 0 radical (unpaired) electrons. The van der Waals surface area contributed by atoms with Crippen molar-refractivity contribution in [3.05, 3.63) is 0 Å². The second-order valence-corrected chi connectivity index (χ2v) is 4.74. The summed E-state index contributed by atoms with van der Waals surface area (Å²) in [6.07, 6.45) is 1.26. The van der Waals surface area contributed by atoms with Gasteiger partial charge in [0, 0.05) is 6.29 Å². The Morgan fingerprint density at radius 2 is 1.71 bits per heavy atom. The van der Waals surface area contributed by atoms with E-state index in [-0.39, 0.29) is 7.92 Å². The summed E-state index contributed by atoms with van der Waals surface area (Å²) in [7, 11) is 4.51. The van der Waals surface area contributed by atoms with Crippen LogP contribution in [0, 0.1) is 0 Å². The van der Waals surface area contributed by atoms with Gasteiger partial charge >= 0.3 is 0 Å². The van der Waals surface area contributed by atoms with Crippen LogP contribution in [0.3, 0.4) is 0 Å². The molecule has 0 aliphatic rings. The van der Waals surface area contributed by atoms with Gasteiger partial charge in [-0.15, -0.1) is 0 Å². The van der Waals surface area contributed by atoms with Crippen LogP contribution >= 0.6 is 7.92 Å². The topological polar surface area (TPSA) is 3.24 Å². The van der Waals surface area contributed by atoms with Crippen LogP contribution in [0.1, 0.15) is 0 Å². The molecule has 7 heavy (non-hydrogen) atoms. The molecule has 0 amide bonds. The molecule has 0 fully saturated rings. The van der Waals surface area contributed by atoms with Crippen molar-refractivity contribution >= 4 is 7.92 Å². The maximum absolute atomic E-state index is 2.29. The lowest BCUT2D eigenvalue weighted by Crippen LogP contribution is -2.10. The Bertz CT molecular complexity index is 37.3.